The van der Waals surface area contributed by atoms with E-state index in [0.717, 1.165) is 38.4 Å². The molecule has 2 atom stereocenters. The quantitative estimate of drug-likeness (QED) is 0.897. The lowest BCUT2D eigenvalue weighted by atomic mass is 10.2. The van der Waals surface area contributed by atoms with E-state index in [9.17, 15) is 13.2 Å². The number of hydrogen-bond acceptors (Lipinski definition) is 3. The summed E-state index contributed by atoms with van der Waals surface area (Å²) in [4.78, 5) is 0. The van der Waals surface area contributed by atoms with Gasteiger partial charge in [0.25, 0.3) is 0 Å². The average molecular weight is 277 g/mol. The van der Waals surface area contributed by atoms with Gasteiger partial charge >= 0.3 is 6.18 Å². The van der Waals surface area contributed by atoms with E-state index in [4.69, 9.17) is 4.74 Å². The third-order valence-corrected chi connectivity index (χ3v) is 3.22. The fraction of sp³-hybridized carbons (Fsp3) is 0.750. The summed E-state index contributed by atoms with van der Waals surface area (Å²) < 4.78 is 44.1. The second-order valence-electron chi connectivity index (χ2n) is 4.85. The smallest absolute Gasteiger partial charge is 0.377 e. The Morgan fingerprint density at radius 2 is 2.37 bits per heavy atom. The van der Waals surface area contributed by atoms with Crippen LogP contribution in [0.2, 0.25) is 0 Å². The van der Waals surface area contributed by atoms with Crippen molar-refractivity contribution in [1.82, 2.24) is 15.1 Å². The normalized spacial score (nSPS) is 21.8. The Hall–Kier alpha value is -1.08. The highest BCUT2D eigenvalue weighted by Gasteiger charge is 2.32. The Morgan fingerprint density at radius 3 is 2.95 bits per heavy atom. The average Bonchev–Trinajstić information content (AvgIpc) is 2.99. The van der Waals surface area contributed by atoms with Crippen molar-refractivity contribution in [2.45, 2.75) is 38.1 Å². The summed E-state index contributed by atoms with van der Waals surface area (Å²) in [5.41, 5.74) is -0.710. The van der Waals surface area contributed by atoms with Crippen LogP contribution >= 0.6 is 0 Å². The first-order valence-electron chi connectivity index (χ1n) is 6.40. The van der Waals surface area contributed by atoms with Gasteiger partial charge in [-0.3, -0.25) is 4.68 Å². The first kappa shape index (κ1) is 14.3. The molecule has 2 rings (SSSR count). The molecule has 0 bridgehead atoms. The predicted octanol–water partition coefficient (Wildman–Crippen LogP) is 2.23. The maximum atomic E-state index is 12.4. The number of hydrogen-bond donors (Lipinski definition) is 1. The Balaban J connectivity index is 1.79. The molecule has 2 unspecified atom stereocenters. The monoisotopic (exact) mass is 277 g/mol. The summed E-state index contributed by atoms with van der Waals surface area (Å²) in [5, 5.41) is 6.96. The van der Waals surface area contributed by atoms with Crippen LogP contribution in [0.15, 0.2) is 12.4 Å². The van der Waals surface area contributed by atoms with Gasteiger partial charge in [-0.25, -0.2) is 0 Å². The van der Waals surface area contributed by atoms with Crippen LogP contribution in [0, 0.1) is 0 Å². The molecule has 108 valence electrons. The highest BCUT2D eigenvalue weighted by molar-refractivity contribution is 5.08. The topological polar surface area (TPSA) is 39.1 Å². The van der Waals surface area contributed by atoms with Gasteiger partial charge in [0.2, 0.25) is 0 Å². The van der Waals surface area contributed by atoms with Crippen LogP contribution in [0.5, 0.6) is 0 Å². The van der Waals surface area contributed by atoms with Crippen LogP contribution in [-0.4, -0.2) is 35.6 Å². The summed E-state index contributed by atoms with van der Waals surface area (Å²) in [7, 11) is 0. The lowest BCUT2D eigenvalue weighted by Crippen LogP contribution is -2.31. The zero-order valence-electron chi connectivity index (χ0n) is 10.8. The van der Waals surface area contributed by atoms with Crippen molar-refractivity contribution < 1.29 is 17.9 Å². The summed E-state index contributed by atoms with van der Waals surface area (Å²) in [6.45, 7) is 3.93. The van der Waals surface area contributed by atoms with Gasteiger partial charge in [0.1, 0.15) is 0 Å². The molecule has 0 amide bonds. The molecule has 0 radical (unpaired) electrons. The highest BCUT2D eigenvalue weighted by atomic mass is 19.4. The van der Waals surface area contributed by atoms with Gasteiger partial charge in [0.15, 0.2) is 0 Å². The standard InChI is InChI=1S/C12H18F3N3O/c1-9(5-16-7-11-3-2-4-19-11)18-8-10(6-17-18)12(13,14)15/h6,8-9,11,16H,2-5,7H2,1H3. The van der Waals surface area contributed by atoms with Crippen LogP contribution in [0.3, 0.4) is 0 Å². The lowest BCUT2D eigenvalue weighted by Gasteiger charge is -2.15. The molecule has 0 spiro atoms. The molecule has 0 aromatic carbocycles. The van der Waals surface area contributed by atoms with E-state index in [2.05, 4.69) is 10.4 Å². The number of halogens is 3. The van der Waals surface area contributed by atoms with Gasteiger partial charge < -0.3 is 10.1 Å². The Kier molecular flexibility index (Phi) is 4.46. The van der Waals surface area contributed by atoms with Crippen molar-refractivity contribution in [3.8, 4) is 0 Å². The fourth-order valence-corrected chi connectivity index (χ4v) is 2.08. The van der Waals surface area contributed by atoms with Crippen LogP contribution in [-0.2, 0) is 10.9 Å². The van der Waals surface area contributed by atoms with Crippen LogP contribution in [0.1, 0.15) is 31.4 Å². The van der Waals surface area contributed by atoms with Crippen molar-refractivity contribution in [1.29, 1.82) is 0 Å². The summed E-state index contributed by atoms with van der Waals surface area (Å²) in [6.07, 6.45) is -0.0781. The minimum atomic E-state index is -4.33. The molecule has 0 aliphatic carbocycles. The molecule has 1 aliphatic heterocycles. The summed E-state index contributed by atoms with van der Waals surface area (Å²) in [6, 6.07) is -0.127. The maximum Gasteiger partial charge on any atom is 0.419 e. The number of rotatable bonds is 5. The third-order valence-electron chi connectivity index (χ3n) is 3.22. The largest absolute Gasteiger partial charge is 0.419 e. The second-order valence-corrected chi connectivity index (χ2v) is 4.85. The Bertz CT molecular complexity index is 399. The molecule has 7 heteroatoms. The van der Waals surface area contributed by atoms with Gasteiger partial charge in [-0.15, -0.1) is 0 Å². The zero-order chi connectivity index (χ0) is 13.9. The van der Waals surface area contributed by atoms with Crippen molar-refractivity contribution in [3.63, 3.8) is 0 Å². The molecular weight excluding hydrogens is 259 g/mol. The van der Waals surface area contributed by atoms with Crippen LogP contribution in [0.4, 0.5) is 13.2 Å². The summed E-state index contributed by atoms with van der Waals surface area (Å²) in [5.74, 6) is 0. The van der Waals surface area contributed by atoms with E-state index < -0.39 is 11.7 Å². The van der Waals surface area contributed by atoms with E-state index >= 15 is 0 Å². The van der Waals surface area contributed by atoms with Crippen molar-refractivity contribution in [2.75, 3.05) is 19.7 Å². The van der Waals surface area contributed by atoms with E-state index in [1.165, 1.54) is 4.68 Å². The summed E-state index contributed by atoms with van der Waals surface area (Å²) >= 11 is 0. The predicted molar refractivity (Wildman–Crippen MR) is 63.8 cm³/mol. The lowest BCUT2D eigenvalue weighted by molar-refractivity contribution is -0.137. The number of ether oxygens (including phenoxy) is 1. The van der Waals surface area contributed by atoms with Crippen LogP contribution < -0.4 is 5.32 Å². The third kappa shape index (κ3) is 3.94. The first-order chi connectivity index (χ1) is 8.97. The van der Waals surface area contributed by atoms with E-state index in [1.54, 1.807) is 0 Å². The van der Waals surface area contributed by atoms with Gasteiger partial charge in [-0.05, 0) is 19.8 Å². The number of aromatic nitrogens is 2. The molecule has 19 heavy (non-hydrogen) atoms. The number of nitrogens with zero attached hydrogens (tertiary/aromatic N) is 2. The van der Waals surface area contributed by atoms with Gasteiger partial charge in [0, 0.05) is 25.9 Å². The molecule has 0 saturated carbocycles. The zero-order valence-corrected chi connectivity index (χ0v) is 10.8. The van der Waals surface area contributed by atoms with Gasteiger partial charge in [-0.2, -0.15) is 18.3 Å². The van der Waals surface area contributed by atoms with E-state index in [0.29, 0.717) is 6.54 Å². The molecule has 1 fully saturated rings. The SMILES string of the molecule is CC(CNCC1CCCO1)n1cc(C(F)(F)F)cn1. The Labute approximate surface area is 109 Å². The van der Waals surface area contributed by atoms with Gasteiger partial charge in [-0.1, -0.05) is 0 Å². The first-order valence-corrected chi connectivity index (χ1v) is 6.40. The molecule has 1 aromatic heterocycles. The van der Waals surface area contributed by atoms with Crippen molar-refractivity contribution in [3.05, 3.63) is 18.0 Å². The number of alkyl halides is 3. The van der Waals surface area contributed by atoms with Crippen molar-refractivity contribution >= 4 is 0 Å². The van der Waals surface area contributed by atoms with Crippen LogP contribution in [0.25, 0.3) is 0 Å². The molecular formula is C12H18F3N3O. The molecule has 2 heterocycles. The fourth-order valence-electron chi connectivity index (χ4n) is 2.08. The Morgan fingerprint density at radius 1 is 1.58 bits per heavy atom. The molecule has 4 nitrogen and oxygen atoms in total. The molecule has 1 aromatic rings. The molecule has 1 aliphatic rings. The van der Waals surface area contributed by atoms with E-state index in [-0.39, 0.29) is 12.1 Å². The minimum Gasteiger partial charge on any atom is -0.377 e. The van der Waals surface area contributed by atoms with E-state index in [1.807, 2.05) is 6.92 Å². The van der Waals surface area contributed by atoms with Gasteiger partial charge in [0.05, 0.1) is 23.9 Å². The maximum absolute atomic E-state index is 12.4. The highest BCUT2D eigenvalue weighted by Crippen LogP contribution is 2.28. The molecule has 1 N–H and O–H groups in total. The number of nitrogens with one attached hydrogen (secondary N) is 1. The molecule has 1 saturated heterocycles. The second kappa shape index (κ2) is 5.92. The van der Waals surface area contributed by atoms with Crippen molar-refractivity contribution in [2.24, 2.45) is 0 Å². The minimum absolute atomic E-state index is 0.127.